The first-order chi connectivity index (χ1) is 16.6. The molecule has 5 nitrogen and oxygen atoms in total. The monoisotopic (exact) mass is 505 g/mol. The minimum absolute atomic E-state index is 0.116. The maximum absolute atomic E-state index is 14.8. The highest BCUT2D eigenvalue weighted by Gasteiger charge is 2.30. The summed E-state index contributed by atoms with van der Waals surface area (Å²) in [4.78, 5) is 28.5. The van der Waals surface area contributed by atoms with Gasteiger partial charge >= 0.3 is 6.03 Å². The second-order valence-electron chi connectivity index (χ2n) is 8.26. The molecule has 0 aliphatic carbocycles. The number of hydrogen-bond acceptors (Lipinski definition) is 2. The number of benzene rings is 3. The van der Waals surface area contributed by atoms with Gasteiger partial charge in [-0.1, -0.05) is 23.7 Å². The second-order valence-corrected chi connectivity index (χ2v) is 8.66. The largest absolute Gasteiger partial charge is 0.348 e. The molecule has 1 aliphatic heterocycles. The van der Waals surface area contributed by atoms with Crippen molar-refractivity contribution in [3.63, 3.8) is 0 Å². The number of halogens is 5. The lowest BCUT2D eigenvalue weighted by molar-refractivity contribution is 0.0950. The number of nitrogens with one attached hydrogen (secondary N) is 1. The van der Waals surface area contributed by atoms with Gasteiger partial charge < -0.3 is 10.2 Å². The Morgan fingerprint density at radius 1 is 1.03 bits per heavy atom. The van der Waals surface area contributed by atoms with Crippen LogP contribution in [0.3, 0.4) is 0 Å². The van der Waals surface area contributed by atoms with Gasteiger partial charge in [0.1, 0.15) is 23.3 Å². The normalized spacial score (nSPS) is 13.2. The third kappa shape index (κ3) is 4.81. The van der Waals surface area contributed by atoms with Crippen LogP contribution in [0.4, 0.5) is 28.0 Å². The van der Waals surface area contributed by atoms with Crippen LogP contribution in [0.5, 0.6) is 0 Å². The second kappa shape index (κ2) is 9.58. The Morgan fingerprint density at radius 2 is 1.71 bits per heavy atom. The van der Waals surface area contributed by atoms with Gasteiger partial charge in [-0.25, -0.2) is 22.4 Å². The van der Waals surface area contributed by atoms with Crippen molar-refractivity contribution >= 4 is 29.2 Å². The van der Waals surface area contributed by atoms with E-state index in [1.165, 1.54) is 28.0 Å². The number of urea groups is 1. The molecule has 0 saturated carbocycles. The van der Waals surface area contributed by atoms with Crippen molar-refractivity contribution in [2.45, 2.75) is 26.6 Å². The molecule has 3 amide bonds. The molecule has 0 atom stereocenters. The Bertz CT molecular complexity index is 1330. The van der Waals surface area contributed by atoms with Crippen molar-refractivity contribution in [2.75, 3.05) is 11.9 Å². The summed E-state index contributed by atoms with van der Waals surface area (Å²) in [6.45, 7) is 1.17. The molecule has 35 heavy (non-hydrogen) atoms. The molecule has 3 aromatic carbocycles. The quantitative estimate of drug-likeness (QED) is 0.452. The maximum Gasteiger partial charge on any atom is 0.324 e. The molecule has 0 unspecified atom stereocenters. The van der Waals surface area contributed by atoms with E-state index in [-0.39, 0.29) is 29.2 Å². The summed E-state index contributed by atoms with van der Waals surface area (Å²) in [7, 11) is 1.60. The molecule has 182 valence electrons. The van der Waals surface area contributed by atoms with Crippen molar-refractivity contribution in [3.8, 4) is 0 Å². The van der Waals surface area contributed by atoms with Gasteiger partial charge in [-0.05, 0) is 36.2 Å². The van der Waals surface area contributed by atoms with E-state index in [2.05, 4.69) is 5.32 Å². The molecule has 4 rings (SSSR count). The van der Waals surface area contributed by atoms with Crippen LogP contribution in [0.1, 0.15) is 32.6 Å². The SMILES string of the molecule is Cc1ccc(Cl)c(CN2C(=O)N(C)Cc3ccc(C(=O)NCc4c(F)cc(F)cc4F)cc32)c1F. The standard InChI is InChI=1S/C25H20ClF4N3O2/c1-13-3-6-19(26)18(23(13)30)12-33-22-7-14(4-5-15(22)11-32(2)25(33)35)24(34)31-10-17-20(28)8-16(27)9-21(17)29/h3-9H,10-12H2,1-2H3,(H,31,34). The van der Waals surface area contributed by atoms with Gasteiger partial charge in [0.05, 0.1) is 12.2 Å². The number of hydrogen-bond donors (Lipinski definition) is 1. The van der Waals surface area contributed by atoms with Crippen LogP contribution >= 0.6 is 11.6 Å². The van der Waals surface area contributed by atoms with Crippen LogP contribution < -0.4 is 10.2 Å². The first kappa shape index (κ1) is 24.5. The number of nitrogens with zero attached hydrogens (tertiary/aromatic N) is 2. The molecule has 0 spiro atoms. The van der Waals surface area contributed by atoms with Crippen LogP contribution in [0.15, 0.2) is 42.5 Å². The number of rotatable bonds is 5. The number of carbonyl (C=O) groups excluding carboxylic acids is 2. The number of amides is 3. The summed E-state index contributed by atoms with van der Waals surface area (Å²) in [5.74, 6) is -4.50. The first-order valence-corrected chi connectivity index (χ1v) is 10.9. The Labute approximate surface area is 203 Å². The van der Waals surface area contributed by atoms with Crippen LogP contribution in [0, 0.1) is 30.2 Å². The summed E-state index contributed by atoms with van der Waals surface area (Å²) in [5.41, 5.74) is 1.24. The van der Waals surface area contributed by atoms with Crippen molar-refractivity contribution in [3.05, 3.63) is 98.6 Å². The minimum atomic E-state index is -1.12. The van der Waals surface area contributed by atoms with Gasteiger partial charge in [0.25, 0.3) is 5.91 Å². The summed E-state index contributed by atoms with van der Waals surface area (Å²) in [6.07, 6.45) is 0. The van der Waals surface area contributed by atoms with Crippen molar-refractivity contribution in [1.82, 2.24) is 10.2 Å². The van der Waals surface area contributed by atoms with Crippen LogP contribution in [0.25, 0.3) is 0 Å². The molecule has 1 N–H and O–H groups in total. The zero-order valence-corrected chi connectivity index (χ0v) is 19.5. The van der Waals surface area contributed by atoms with Crippen molar-refractivity contribution in [1.29, 1.82) is 0 Å². The third-order valence-electron chi connectivity index (χ3n) is 5.83. The molecule has 0 saturated heterocycles. The predicted octanol–water partition coefficient (Wildman–Crippen LogP) is 5.71. The van der Waals surface area contributed by atoms with E-state index in [9.17, 15) is 27.2 Å². The molecular formula is C25H20ClF4N3O2. The van der Waals surface area contributed by atoms with E-state index in [1.807, 2.05) is 0 Å². The van der Waals surface area contributed by atoms with E-state index >= 15 is 0 Å². The summed E-state index contributed by atoms with van der Waals surface area (Å²) < 4.78 is 55.7. The van der Waals surface area contributed by atoms with Gasteiger partial charge in [-0.3, -0.25) is 9.69 Å². The fourth-order valence-electron chi connectivity index (χ4n) is 3.90. The summed E-state index contributed by atoms with van der Waals surface area (Å²) in [6, 6.07) is 8.33. The Morgan fingerprint density at radius 3 is 2.40 bits per heavy atom. The topological polar surface area (TPSA) is 52.7 Å². The van der Waals surface area contributed by atoms with E-state index in [4.69, 9.17) is 11.6 Å². The number of carbonyl (C=O) groups is 2. The molecule has 1 heterocycles. The van der Waals surface area contributed by atoms with Gasteiger partial charge in [0.2, 0.25) is 0 Å². The van der Waals surface area contributed by atoms with E-state index in [0.29, 0.717) is 28.9 Å². The van der Waals surface area contributed by atoms with E-state index in [0.717, 1.165) is 0 Å². The fourth-order valence-corrected chi connectivity index (χ4v) is 4.11. The lowest BCUT2D eigenvalue weighted by Gasteiger charge is -2.35. The zero-order chi connectivity index (χ0) is 25.4. The van der Waals surface area contributed by atoms with Gasteiger partial charge in [0, 0.05) is 54.0 Å². The van der Waals surface area contributed by atoms with E-state index < -0.39 is 47.3 Å². The Kier molecular flexibility index (Phi) is 6.71. The number of aryl methyl sites for hydroxylation is 1. The number of fused-ring (bicyclic) bond motifs is 1. The number of anilines is 1. The minimum Gasteiger partial charge on any atom is -0.348 e. The van der Waals surface area contributed by atoms with Gasteiger partial charge in [0.15, 0.2) is 0 Å². The van der Waals surface area contributed by atoms with E-state index in [1.54, 1.807) is 26.1 Å². The highest BCUT2D eigenvalue weighted by Crippen LogP contribution is 2.33. The lowest BCUT2D eigenvalue weighted by atomic mass is 10.0. The van der Waals surface area contributed by atoms with Crippen LogP contribution in [0.2, 0.25) is 5.02 Å². The molecule has 0 bridgehead atoms. The molecule has 3 aromatic rings. The highest BCUT2D eigenvalue weighted by molar-refractivity contribution is 6.31. The lowest BCUT2D eigenvalue weighted by Crippen LogP contribution is -2.45. The average molecular weight is 506 g/mol. The van der Waals surface area contributed by atoms with Gasteiger partial charge in [-0.2, -0.15) is 0 Å². The smallest absolute Gasteiger partial charge is 0.324 e. The molecule has 0 fully saturated rings. The van der Waals surface area contributed by atoms with Gasteiger partial charge in [-0.15, -0.1) is 0 Å². The molecule has 0 aromatic heterocycles. The Hall–Kier alpha value is -3.59. The molecular weight excluding hydrogens is 486 g/mol. The van der Waals surface area contributed by atoms with Crippen LogP contribution in [-0.2, 0) is 19.6 Å². The molecule has 1 aliphatic rings. The van der Waals surface area contributed by atoms with Crippen molar-refractivity contribution < 1.29 is 27.2 Å². The zero-order valence-electron chi connectivity index (χ0n) is 18.8. The summed E-state index contributed by atoms with van der Waals surface area (Å²) >= 11 is 6.21. The fraction of sp³-hybridized carbons (Fsp3) is 0.200. The predicted molar refractivity (Wildman–Crippen MR) is 123 cm³/mol. The average Bonchev–Trinajstić information content (AvgIpc) is 2.80. The molecule has 10 heteroatoms. The maximum atomic E-state index is 14.8. The Balaban J connectivity index is 1.63. The molecule has 0 radical (unpaired) electrons. The third-order valence-corrected chi connectivity index (χ3v) is 6.18. The highest BCUT2D eigenvalue weighted by atomic mass is 35.5. The van der Waals surface area contributed by atoms with Crippen molar-refractivity contribution in [2.24, 2.45) is 0 Å². The first-order valence-electron chi connectivity index (χ1n) is 10.6. The van der Waals surface area contributed by atoms with Crippen LogP contribution in [-0.4, -0.2) is 23.9 Å². The summed E-state index contributed by atoms with van der Waals surface area (Å²) in [5, 5.41) is 2.56.